The van der Waals surface area contributed by atoms with Crippen LogP contribution >= 0.6 is 0 Å². The van der Waals surface area contributed by atoms with Gasteiger partial charge in [-0.1, -0.05) is 25.5 Å². The smallest absolute Gasteiger partial charge is 0.190 e. The summed E-state index contributed by atoms with van der Waals surface area (Å²) in [6.07, 6.45) is 8.82. The molecule has 0 spiro atoms. The van der Waals surface area contributed by atoms with E-state index in [-0.39, 0.29) is 0 Å². The molecule has 1 atom stereocenters. The number of nitrogens with zero attached hydrogens (tertiary/aromatic N) is 4. The highest BCUT2D eigenvalue weighted by atomic mass is 15.3. The Kier molecular flexibility index (Phi) is 7.91. The van der Waals surface area contributed by atoms with E-state index in [1.165, 1.54) is 44.5 Å². The Labute approximate surface area is 169 Å². The number of guanidine groups is 1. The van der Waals surface area contributed by atoms with Crippen molar-refractivity contribution in [3.05, 3.63) is 48.3 Å². The van der Waals surface area contributed by atoms with Crippen molar-refractivity contribution < 1.29 is 0 Å². The van der Waals surface area contributed by atoms with Gasteiger partial charge in [0.25, 0.3) is 0 Å². The average molecular weight is 383 g/mol. The van der Waals surface area contributed by atoms with Crippen molar-refractivity contribution in [1.82, 2.24) is 25.3 Å². The van der Waals surface area contributed by atoms with Crippen LogP contribution in [0.4, 0.5) is 0 Å². The molecular formula is C22H34N6. The van der Waals surface area contributed by atoms with Gasteiger partial charge in [0.2, 0.25) is 0 Å². The minimum atomic E-state index is 0.617. The predicted molar refractivity (Wildman–Crippen MR) is 116 cm³/mol. The molecule has 2 N–H and O–H groups in total. The van der Waals surface area contributed by atoms with Gasteiger partial charge in [-0.3, -0.25) is 4.99 Å². The largest absolute Gasteiger partial charge is 0.356 e. The van der Waals surface area contributed by atoms with Gasteiger partial charge in [-0.25, -0.2) is 4.68 Å². The summed E-state index contributed by atoms with van der Waals surface area (Å²) in [5.74, 6) is 1.50. The zero-order valence-electron chi connectivity index (χ0n) is 17.3. The first kappa shape index (κ1) is 20.4. The molecule has 6 nitrogen and oxygen atoms in total. The number of aromatic nitrogens is 2. The fraction of sp³-hybridized carbons (Fsp3) is 0.545. The molecule has 1 fully saturated rings. The van der Waals surface area contributed by atoms with Crippen LogP contribution in [0.1, 0.15) is 31.7 Å². The molecule has 0 saturated carbocycles. The highest BCUT2D eigenvalue weighted by Gasteiger charge is 2.13. The summed E-state index contributed by atoms with van der Waals surface area (Å²) in [7, 11) is 1.84. The van der Waals surface area contributed by atoms with Crippen LogP contribution in [0.15, 0.2) is 47.7 Å². The Bertz CT molecular complexity index is 701. The van der Waals surface area contributed by atoms with Gasteiger partial charge >= 0.3 is 0 Å². The standard InChI is InChI=1S/C22H34N6/c1-19(18-27-14-4-3-5-15-27)17-25-22(23-2)24-13-11-20-7-9-21(10-8-20)28-16-6-12-26-28/h6-10,12,16,19H,3-5,11,13-15,17-18H2,1-2H3,(H2,23,24,25). The Hall–Kier alpha value is -2.34. The van der Waals surface area contributed by atoms with Crippen molar-refractivity contribution in [3.63, 3.8) is 0 Å². The molecule has 152 valence electrons. The van der Waals surface area contributed by atoms with Crippen LogP contribution in [0.3, 0.4) is 0 Å². The first-order chi connectivity index (χ1) is 13.7. The van der Waals surface area contributed by atoms with Gasteiger partial charge in [-0.2, -0.15) is 5.10 Å². The van der Waals surface area contributed by atoms with Crippen LogP contribution < -0.4 is 10.6 Å². The second kappa shape index (κ2) is 10.9. The first-order valence-corrected chi connectivity index (χ1v) is 10.5. The van der Waals surface area contributed by atoms with Gasteiger partial charge in [0, 0.05) is 39.1 Å². The van der Waals surface area contributed by atoms with Gasteiger partial charge in [0.05, 0.1) is 5.69 Å². The maximum atomic E-state index is 4.36. The van der Waals surface area contributed by atoms with E-state index in [4.69, 9.17) is 0 Å². The first-order valence-electron chi connectivity index (χ1n) is 10.5. The number of rotatable bonds is 8. The molecule has 2 aromatic rings. The summed E-state index contributed by atoms with van der Waals surface area (Å²) >= 11 is 0. The molecule has 0 radical (unpaired) electrons. The monoisotopic (exact) mass is 382 g/mol. The lowest BCUT2D eigenvalue weighted by molar-refractivity contribution is 0.201. The van der Waals surface area contributed by atoms with Gasteiger partial charge in [-0.05, 0) is 62.0 Å². The van der Waals surface area contributed by atoms with Gasteiger partial charge in [0.1, 0.15) is 0 Å². The molecular weight excluding hydrogens is 348 g/mol. The van der Waals surface area contributed by atoms with Gasteiger partial charge < -0.3 is 15.5 Å². The van der Waals surface area contributed by atoms with E-state index in [9.17, 15) is 0 Å². The maximum Gasteiger partial charge on any atom is 0.190 e. The zero-order chi connectivity index (χ0) is 19.6. The second-order valence-corrected chi connectivity index (χ2v) is 7.71. The van der Waals surface area contributed by atoms with Gasteiger partial charge in [0.15, 0.2) is 5.96 Å². The summed E-state index contributed by atoms with van der Waals surface area (Å²) in [6, 6.07) is 10.5. The predicted octanol–water partition coefficient (Wildman–Crippen LogP) is 2.70. The van der Waals surface area contributed by atoms with Crippen molar-refractivity contribution in [3.8, 4) is 5.69 Å². The van der Waals surface area contributed by atoms with E-state index in [1.807, 2.05) is 24.0 Å². The second-order valence-electron chi connectivity index (χ2n) is 7.71. The summed E-state index contributed by atoms with van der Waals surface area (Å²) in [5, 5.41) is 11.2. The Morgan fingerprint density at radius 3 is 2.61 bits per heavy atom. The average Bonchev–Trinajstić information content (AvgIpc) is 3.26. The van der Waals surface area contributed by atoms with E-state index in [2.05, 4.69) is 56.8 Å². The lowest BCUT2D eigenvalue weighted by Crippen LogP contribution is -2.42. The Balaban J connectivity index is 1.35. The molecule has 0 bridgehead atoms. The number of hydrogen-bond donors (Lipinski definition) is 2. The third-order valence-electron chi connectivity index (χ3n) is 5.27. The number of aliphatic imine (C=N–C) groups is 1. The Morgan fingerprint density at radius 1 is 1.14 bits per heavy atom. The molecule has 28 heavy (non-hydrogen) atoms. The van der Waals surface area contributed by atoms with Crippen molar-refractivity contribution in [2.45, 2.75) is 32.6 Å². The highest BCUT2D eigenvalue weighted by molar-refractivity contribution is 5.79. The van der Waals surface area contributed by atoms with Crippen molar-refractivity contribution in [2.24, 2.45) is 10.9 Å². The quantitative estimate of drug-likeness (QED) is 0.544. The van der Waals surface area contributed by atoms with Crippen LogP contribution in [0.25, 0.3) is 5.69 Å². The summed E-state index contributed by atoms with van der Waals surface area (Å²) in [5.41, 5.74) is 2.39. The highest BCUT2D eigenvalue weighted by Crippen LogP contribution is 2.11. The van der Waals surface area contributed by atoms with Crippen LogP contribution in [-0.4, -0.2) is 60.4 Å². The molecule has 0 amide bonds. The minimum absolute atomic E-state index is 0.617. The van der Waals surface area contributed by atoms with Crippen molar-refractivity contribution in [1.29, 1.82) is 0 Å². The zero-order valence-corrected chi connectivity index (χ0v) is 17.3. The number of piperidine rings is 1. The number of likely N-dealkylation sites (tertiary alicyclic amines) is 1. The fourth-order valence-electron chi connectivity index (χ4n) is 3.70. The molecule has 1 aromatic carbocycles. The normalized spacial score (nSPS) is 16.7. The fourth-order valence-corrected chi connectivity index (χ4v) is 3.70. The summed E-state index contributed by atoms with van der Waals surface area (Å²) in [4.78, 5) is 6.95. The number of nitrogens with one attached hydrogen (secondary N) is 2. The van der Waals surface area contributed by atoms with E-state index in [1.54, 1.807) is 6.20 Å². The lowest BCUT2D eigenvalue weighted by atomic mass is 10.1. The van der Waals surface area contributed by atoms with Crippen LogP contribution in [0, 0.1) is 5.92 Å². The Morgan fingerprint density at radius 2 is 1.93 bits per heavy atom. The van der Waals surface area contributed by atoms with Crippen LogP contribution in [0.5, 0.6) is 0 Å². The number of benzene rings is 1. The molecule has 0 aliphatic carbocycles. The van der Waals surface area contributed by atoms with E-state index >= 15 is 0 Å². The molecule has 2 heterocycles. The molecule has 6 heteroatoms. The summed E-state index contributed by atoms with van der Waals surface area (Å²) < 4.78 is 1.87. The van der Waals surface area contributed by atoms with E-state index < -0.39 is 0 Å². The minimum Gasteiger partial charge on any atom is -0.356 e. The van der Waals surface area contributed by atoms with Crippen LogP contribution in [-0.2, 0) is 6.42 Å². The molecule has 1 aliphatic heterocycles. The molecule has 3 rings (SSSR count). The maximum absolute atomic E-state index is 4.36. The third-order valence-corrected chi connectivity index (χ3v) is 5.27. The van der Waals surface area contributed by atoms with Crippen LogP contribution in [0.2, 0.25) is 0 Å². The van der Waals surface area contributed by atoms with E-state index in [0.717, 1.165) is 31.2 Å². The van der Waals surface area contributed by atoms with E-state index in [0.29, 0.717) is 5.92 Å². The summed E-state index contributed by atoms with van der Waals surface area (Å²) in [6.45, 7) is 7.83. The van der Waals surface area contributed by atoms with Gasteiger partial charge in [-0.15, -0.1) is 0 Å². The molecule has 1 aromatic heterocycles. The van der Waals surface area contributed by atoms with Crippen molar-refractivity contribution >= 4 is 5.96 Å². The third kappa shape index (κ3) is 6.37. The lowest BCUT2D eigenvalue weighted by Gasteiger charge is -2.29. The number of hydrogen-bond acceptors (Lipinski definition) is 3. The topological polar surface area (TPSA) is 57.5 Å². The SMILES string of the molecule is CN=C(NCCc1ccc(-n2cccn2)cc1)NCC(C)CN1CCCCC1. The molecule has 1 unspecified atom stereocenters. The van der Waals surface area contributed by atoms with Crippen molar-refractivity contribution in [2.75, 3.05) is 39.8 Å². The molecule has 1 saturated heterocycles. The molecule has 1 aliphatic rings.